The van der Waals surface area contributed by atoms with Gasteiger partial charge in [-0.25, -0.2) is 0 Å². The van der Waals surface area contributed by atoms with E-state index < -0.39 is 0 Å². The van der Waals surface area contributed by atoms with Gasteiger partial charge in [0.05, 0.1) is 0 Å². The Morgan fingerprint density at radius 3 is 2.89 bits per heavy atom. The molecule has 0 amide bonds. The molecule has 2 aliphatic rings. The third-order valence-corrected chi connectivity index (χ3v) is 5.48. The van der Waals surface area contributed by atoms with Crippen LogP contribution in [0, 0.1) is 5.41 Å². The lowest BCUT2D eigenvalue weighted by atomic mass is 9.66. The summed E-state index contributed by atoms with van der Waals surface area (Å²) >= 11 is 0. The predicted molar refractivity (Wildman–Crippen MR) is 77.0 cm³/mol. The zero-order valence-electron chi connectivity index (χ0n) is 11.1. The molecule has 0 saturated heterocycles. The topological polar surface area (TPSA) is 0 Å². The highest BCUT2D eigenvalue weighted by Crippen LogP contribution is 2.56. The molecule has 0 aromatic heterocycles. The zero-order chi connectivity index (χ0) is 12.2. The van der Waals surface area contributed by atoms with Crippen molar-refractivity contribution in [1.82, 2.24) is 0 Å². The molecule has 0 heterocycles. The van der Waals surface area contributed by atoms with E-state index in [-0.39, 0.29) is 0 Å². The Balaban J connectivity index is 1.97. The van der Waals surface area contributed by atoms with E-state index in [9.17, 15) is 0 Å². The molecule has 4 rings (SSSR count). The summed E-state index contributed by atoms with van der Waals surface area (Å²) in [5, 5.41) is 2.92. The van der Waals surface area contributed by atoms with Crippen LogP contribution >= 0.6 is 0 Å². The van der Waals surface area contributed by atoms with Gasteiger partial charge in [0.15, 0.2) is 0 Å². The summed E-state index contributed by atoms with van der Waals surface area (Å²) in [7, 11) is 0. The number of hydrogen-bond donors (Lipinski definition) is 0. The predicted octanol–water partition coefficient (Wildman–Crippen LogP) is 5.06. The maximum Gasteiger partial charge on any atom is -0.0105 e. The molecule has 0 heteroatoms. The molecule has 1 fully saturated rings. The summed E-state index contributed by atoms with van der Waals surface area (Å²) in [5.74, 6) is 0.825. The first-order valence-electron chi connectivity index (χ1n) is 7.28. The highest BCUT2D eigenvalue weighted by molar-refractivity contribution is 5.87. The first-order valence-corrected chi connectivity index (χ1v) is 7.28. The molecule has 0 bridgehead atoms. The van der Waals surface area contributed by atoms with Gasteiger partial charge in [-0.3, -0.25) is 0 Å². The van der Waals surface area contributed by atoms with Crippen LogP contribution in [0.25, 0.3) is 10.8 Å². The van der Waals surface area contributed by atoms with E-state index in [1.54, 1.807) is 11.1 Å². The number of fused-ring (bicyclic) bond motifs is 5. The standard InChI is InChI=1S/C18H20/c1-18-11-4-7-17(18)16-9-8-13-5-2-3-6-14(13)15(16)10-12-18/h2-3,5-6,8-9,17H,4,7,10-12H2,1H3/t17?,18-/m0/s1. The lowest BCUT2D eigenvalue weighted by molar-refractivity contribution is 0.253. The fraction of sp³-hybridized carbons (Fsp3) is 0.444. The molecule has 0 spiro atoms. The number of hydrogen-bond acceptors (Lipinski definition) is 0. The maximum absolute atomic E-state index is 2.52. The monoisotopic (exact) mass is 236 g/mol. The van der Waals surface area contributed by atoms with Crippen LogP contribution in [-0.4, -0.2) is 0 Å². The smallest absolute Gasteiger partial charge is 0.0105 e. The highest BCUT2D eigenvalue weighted by Gasteiger charge is 2.42. The van der Waals surface area contributed by atoms with E-state index >= 15 is 0 Å². The minimum atomic E-state index is 0.593. The highest BCUT2D eigenvalue weighted by atomic mass is 14.5. The number of benzene rings is 2. The molecule has 1 unspecified atom stereocenters. The third kappa shape index (κ3) is 1.32. The fourth-order valence-corrected chi connectivity index (χ4v) is 4.43. The Hall–Kier alpha value is -1.30. The van der Waals surface area contributed by atoms with Crippen molar-refractivity contribution in [2.24, 2.45) is 5.41 Å². The third-order valence-electron chi connectivity index (χ3n) is 5.48. The van der Waals surface area contributed by atoms with Crippen molar-refractivity contribution in [3.05, 3.63) is 47.5 Å². The first-order chi connectivity index (χ1) is 8.78. The van der Waals surface area contributed by atoms with Gasteiger partial charge in [-0.1, -0.05) is 49.7 Å². The fourth-order valence-electron chi connectivity index (χ4n) is 4.43. The van der Waals surface area contributed by atoms with Crippen molar-refractivity contribution in [3.63, 3.8) is 0 Å². The molecular weight excluding hydrogens is 216 g/mol. The van der Waals surface area contributed by atoms with Gasteiger partial charge in [-0.05, 0) is 58.9 Å². The molecule has 2 aliphatic carbocycles. The van der Waals surface area contributed by atoms with Gasteiger partial charge < -0.3 is 0 Å². The van der Waals surface area contributed by atoms with Gasteiger partial charge in [0.25, 0.3) is 0 Å². The molecule has 0 aliphatic heterocycles. The molecular formula is C18H20. The van der Waals surface area contributed by atoms with Gasteiger partial charge in [0, 0.05) is 0 Å². The van der Waals surface area contributed by atoms with Crippen LogP contribution in [0.5, 0.6) is 0 Å². The van der Waals surface area contributed by atoms with Crippen LogP contribution < -0.4 is 0 Å². The molecule has 2 atom stereocenters. The lowest BCUT2D eigenvalue weighted by Gasteiger charge is -2.38. The molecule has 0 nitrogen and oxygen atoms in total. The van der Waals surface area contributed by atoms with E-state index in [0.29, 0.717) is 5.41 Å². The Morgan fingerprint density at radius 2 is 1.94 bits per heavy atom. The largest absolute Gasteiger partial charge is 0.0616 e. The van der Waals surface area contributed by atoms with Gasteiger partial charge in [0.1, 0.15) is 0 Å². The molecule has 1 saturated carbocycles. The van der Waals surface area contributed by atoms with Crippen molar-refractivity contribution in [2.75, 3.05) is 0 Å². The summed E-state index contributed by atoms with van der Waals surface area (Å²) in [5.41, 5.74) is 3.91. The van der Waals surface area contributed by atoms with Crippen LogP contribution in [0.15, 0.2) is 36.4 Å². The summed E-state index contributed by atoms with van der Waals surface area (Å²) in [6.45, 7) is 2.52. The normalized spacial score (nSPS) is 30.2. The summed E-state index contributed by atoms with van der Waals surface area (Å²) in [6.07, 6.45) is 6.93. The van der Waals surface area contributed by atoms with Crippen molar-refractivity contribution < 1.29 is 0 Å². The molecule has 2 aromatic rings. The zero-order valence-corrected chi connectivity index (χ0v) is 11.1. The molecule has 2 aromatic carbocycles. The Bertz CT molecular complexity index is 610. The molecule has 92 valence electrons. The lowest BCUT2D eigenvalue weighted by Crippen LogP contribution is -2.26. The Labute approximate surface area is 109 Å². The second kappa shape index (κ2) is 3.60. The van der Waals surface area contributed by atoms with Crippen molar-refractivity contribution >= 4 is 10.8 Å². The van der Waals surface area contributed by atoms with Gasteiger partial charge in [0.2, 0.25) is 0 Å². The van der Waals surface area contributed by atoms with Crippen molar-refractivity contribution in [2.45, 2.75) is 44.9 Å². The van der Waals surface area contributed by atoms with Gasteiger partial charge in [-0.2, -0.15) is 0 Å². The van der Waals surface area contributed by atoms with Crippen LogP contribution in [0.1, 0.15) is 49.7 Å². The summed E-state index contributed by atoms with van der Waals surface area (Å²) < 4.78 is 0. The van der Waals surface area contributed by atoms with Crippen LogP contribution in [0.3, 0.4) is 0 Å². The first kappa shape index (κ1) is 10.6. The average Bonchev–Trinajstić information content (AvgIpc) is 2.80. The van der Waals surface area contributed by atoms with Crippen LogP contribution in [0.4, 0.5) is 0 Å². The average molecular weight is 236 g/mol. The van der Waals surface area contributed by atoms with E-state index in [1.165, 1.54) is 42.9 Å². The van der Waals surface area contributed by atoms with Crippen molar-refractivity contribution in [1.29, 1.82) is 0 Å². The maximum atomic E-state index is 2.52. The molecule has 0 radical (unpaired) electrons. The Morgan fingerprint density at radius 1 is 1.06 bits per heavy atom. The molecule has 0 N–H and O–H groups in total. The minimum Gasteiger partial charge on any atom is -0.0616 e. The van der Waals surface area contributed by atoms with E-state index in [2.05, 4.69) is 43.3 Å². The van der Waals surface area contributed by atoms with E-state index in [0.717, 1.165) is 5.92 Å². The molecule has 18 heavy (non-hydrogen) atoms. The van der Waals surface area contributed by atoms with E-state index in [4.69, 9.17) is 0 Å². The van der Waals surface area contributed by atoms with Crippen LogP contribution in [0.2, 0.25) is 0 Å². The SMILES string of the molecule is C[C@@]12CCCC1c1ccc3ccccc3c1CC2. The summed E-state index contributed by atoms with van der Waals surface area (Å²) in [4.78, 5) is 0. The Kier molecular flexibility index (Phi) is 2.12. The van der Waals surface area contributed by atoms with Crippen molar-refractivity contribution in [3.8, 4) is 0 Å². The summed E-state index contributed by atoms with van der Waals surface area (Å²) in [6, 6.07) is 13.6. The van der Waals surface area contributed by atoms with E-state index in [1.807, 2.05) is 0 Å². The van der Waals surface area contributed by atoms with Gasteiger partial charge in [-0.15, -0.1) is 0 Å². The number of rotatable bonds is 0. The minimum absolute atomic E-state index is 0.593. The number of aryl methyl sites for hydroxylation is 1. The second-order valence-corrected chi connectivity index (χ2v) is 6.45. The van der Waals surface area contributed by atoms with Gasteiger partial charge >= 0.3 is 0 Å². The second-order valence-electron chi connectivity index (χ2n) is 6.45. The quantitative estimate of drug-likeness (QED) is 0.599. The van der Waals surface area contributed by atoms with Crippen LogP contribution in [-0.2, 0) is 6.42 Å².